The van der Waals surface area contributed by atoms with E-state index in [9.17, 15) is 18.0 Å². The molecule has 0 aromatic heterocycles. The number of alkyl halides is 3. The second-order valence-electron chi connectivity index (χ2n) is 4.73. The summed E-state index contributed by atoms with van der Waals surface area (Å²) < 4.78 is 46.1. The van der Waals surface area contributed by atoms with E-state index in [0.29, 0.717) is 13.0 Å². The summed E-state index contributed by atoms with van der Waals surface area (Å²) in [5, 5.41) is 2.58. The van der Waals surface area contributed by atoms with E-state index in [1.54, 1.807) is 6.07 Å². The van der Waals surface area contributed by atoms with Gasteiger partial charge in [-0.05, 0) is 25.3 Å². The van der Waals surface area contributed by atoms with E-state index >= 15 is 0 Å². The standard InChI is InChI=1S/C14H16F3NO3/c15-14(16,17)21-11-6-2-1-5-10(11)9-18-13(19)12-7-3-4-8-20-12/h1-2,5-6,12H,3-4,7-9H2,(H,18,19). The van der Waals surface area contributed by atoms with E-state index in [4.69, 9.17) is 4.74 Å². The van der Waals surface area contributed by atoms with Crippen LogP contribution in [0.3, 0.4) is 0 Å². The number of benzene rings is 1. The van der Waals surface area contributed by atoms with Gasteiger partial charge < -0.3 is 14.8 Å². The minimum atomic E-state index is -4.76. The van der Waals surface area contributed by atoms with Gasteiger partial charge in [0, 0.05) is 18.7 Å². The number of rotatable bonds is 4. The molecule has 0 saturated carbocycles. The number of carbonyl (C=O) groups excluding carboxylic acids is 1. The summed E-state index contributed by atoms with van der Waals surface area (Å²) in [6.07, 6.45) is -2.81. The molecule has 1 aliphatic rings. The lowest BCUT2D eigenvalue weighted by molar-refractivity contribution is -0.274. The topological polar surface area (TPSA) is 47.6 Å². The first kappa shape index (κ1) is 15.6. The monoisotopic (exact) mass is 303 g/mol. The molecule has 1 atom stereocenters. The average Bonchev–Trinajstić information content (AvgIpc) is 2.45. The first-order chi connectivity index (χ1) is 9.96. The molecule has 1 heterocycles. The smallest absolute Gasteiger partial charge is 0.405 e. The molecule has 0 radical (unpaired) electrons. The Morgan fingerprint density at radius 3 is 2.76 bits per heavy atom. The van der Waals surface area contributed by atoms with Crippen LogP contribution in [-0.4, -0.2) is 25.0 Å². The molecule has 1 unspecified atom stereocenters. The quantitative estimate of drug-likeness (QED) is 0.930. The van der Waals surface area contributed by atoms with E-state index in [1.165, 1.54) is 18.2 Å². The summed E-state index contributed by atoms with van der Waals surface area (Å²) in [5.74, 6) is -0.619. The second kappa shape index (κ2) is 6.80. The Kier molecular flexibility index (Phi) is 5.06. The van der Waals surface area contributed by atoms with Crippen molar-refractivity contribution in [1.82, 2.24) is 5.32 Å². The number of ether oxygens (including phenoxy) is 2. The molecule has 2 rings (SSSR count). The van der Waals surface area contributed by atoms with Crippen LogP contribution in [0.5, 0.6) is 5.75 Å². The third-order valence-electron chi connectivity index (χ3n) is 3.12. The highest BCUT2D eigenvalue weighted by molar-refractivity contribution is 5.80. The van der Waals surface area contributed by atoms with E-state index in [2.05, 4.69) is 10.1 Å². The van der Waals surface area contributed by atoms with Crippen molar-refractivity contribution in [2.75, 3.05) is 6.61 Å². The van der Waals surface area contributed by atoms with Crippen molar-refractivity contribution >= 4 is 5.91 Å². The maximum atomic E-state index is 12.3. The van der Waals surface area contributed by atoms with Crippen molar-refractivity contribution in [3.63, 3.8) is 0 Å². The normalized spacial score (nSPS) is 19.1. The van der Waals surface area contributed by atoms with Gasteiger partial charge in [-0.15, -0.1) is 13.2 Å². The van der Waals surface area contributed by atoms with Gasteiger partial charge in [-0.2, -0.15) is 0 Å². The molecule has 1 fully saturated rings. The number of para-hydroxylation sites is 1. The number of carbonyl (C=O) groups is 1. The molecule has 1 N–H and O–H groups in total. The molecule has 0 bridgehead atoms. The van der Waals surface area contributed by atoms with E-state index < -0.39 is 12.5 Å². The average molecular weight is 303 g/mol. The Hall–Kier alpha value is -1.76. The van der Waals surface area contributed by atoms with Gasteiger partial charge in [-0.1, -0.05) is 18.2 Å². The third-order valence-corrected chi connectivity index (χ3v) is 3.12. The number of hydrogen-bond acceptors (Lipinski definition) is 3. The highest BCUT2D eigenvalue weighted by Crippen LogP contribution is 2.26. The van der Waals surface area contributed by atoms with Crippen molar-refractivity contribution in [1.29, 1.82) is 0 Å². The largest absolute Gasteiger partial charge is 0.573 e. The van der Waals surface area contributed by atoms with Crippen LogP contribution in [-0.2, 0) is 16.1 Å². The van der Waals surface area contributed by atoms with Crippen LogP contribution in [0.4, 0.5) is 13.2 Å². The zero-order chi connectivity index (χ0) is 15.3. The van der Waals surface area contributed by atoms with Crippen LogP contribution in [0, 0.1) is 0 Å². The van der Waals surface area contributed by atoms with Crippen LogP contribution in [0.25, 0.3) is 0 Å². The fraction of sp³-hybridized carbons (Fsp3) is 0.500. The number of nitrogens with one attached hydrogen (secondary N) is 1. The van der Waals surface area contributed by atoms with Crippen molar-refractivity contribution in [2.24, 2.45) is 0 Å². The number of hydrogen-bond donors (Lipinski definition) is 1. The molecule has 1 aromatic carbocycles. The van der Waals surface area contributed by atoms with Crippen LogP contribution in [0.15, 0.2) is 24.3 Å². The fourth-order valence-electron chi connectivity index (χ4n) is 2.12. The zero-order valence-electron chi connectivity index (χ0n) is 11.3. The minimum Gasteiger partial charge on any atom is -0.405 e. The summed E-state index contributed by atoms with van der Waals surface area (Å²) in [6.45, 7) is 0.497. The minimum absolute atomic E-state index is 0.0368. The Labute approximate surface area is 120 Å². The van der Waals surface area contributed by atoms with Crippen LogP contribution >= 0.6 is 0 Å². The first-order valence-corrected chi connectivity index (χ1v) is 6.69. The first-order valence-electron chi connectivity index (χ1n) is 6.69. The van der Waals surface area contributed by atoms with Crippen LogP contribution in [0.1, 0.15) is 24.8 Å². The van der Waals surface area contributed by atoms with Gasteiger partial charge in [-0.3, -0.25) is 4.79 Å². The van der Waals surface area contributed by atoms with Crippen molar-refractivity contribution in [3.8, 4) is 5.75 Å². The third kappa shape index (κ3) is 4.93. The van der Waals surface area contributed by atoms with E-state index in [0.717, 1.165) is 12.8 Å². The molecule has 1 saturated heterocycles. The van der Waals surface area contributed by atoms with Crippen molar-refractivity contribution in [2.45, 2.75) is 38.3 Å². The molecule has 0 spiro atoms. The molecule has 116 valence electrons. The Balaban J connectivity index is 1.94. The molecular formula is C14H16F3NO3. The summed E-state index contributed by atoms with van der Waals surface area (Å²) in [6, 6.07) is 5.72. The molecule has 1 aliphatic heterocycles. The molecule has 4 nitrogen and oxygen atoms in total. The second-order valence-corrected chi connectivity index (χ2v) is 4.73. The maximum Gasteiger partial charge on any atom is 0.573 e. The Morgan fingerprint density at radius 1 is 1.33 bits per heavy atom. The molecule has 0 aliphatic carbocycles. The van der Waals surface area contributed by atoms with Crippen molar-refractivity contribution in [3.05, 3.63) is 29.8 Å². The lowest BCUT2D eigenvalue weighted by atomic mass is 10.1. The SMILES string of the molecule is O=C(NCc1ccccc1OC(F)(F)F)C1CCCCO1. The van der Waals surface area contributed by atoms with E-state index in [1.807, 2.05) is 0 Å². The van der Waals surface area contributed by atoms with Gasteiger partial charge in [0.1, 0.15) is 11.9 Å². The Morgan fingerprint density at radius 2 is 2.10 bits per heavy atom. The predicted molar refractivity (Wildman–Crippen MR) is 68.6 cm³/mol. The van der Waals surface area contributed by atoms with Gasteiger partial charge >= 0.3 is 6.36 Å². The van der Waals surface area contributed by atoms with Crippen LogP contribution < -0.4 is 10.1 Å². The summed E-state index contributed by atoms with van der Waals surface area (Å²) in [5.41, 5.74) is 0.263. The molecule has 1 aromatic rings. The summed E-state index contributed by atoms with van der Waals surface area (Å²) >= 11 is 0. The highest BCUT2D eigenvalue weighted by atomic mass is 19.4. The Bertz CT molecular complexity index is 485. The lowest BCUT2D eigenvalue weighted by Gasteiger charge is -2.22. The fourth-order valence-corrected chi connectivity index (χ4v) is 2.12. The summed E-state index contributed by atoms with van der Waals surface area (Å²) in [4.78, 5) is 11.9. The van der Waals surface area contributed by atoms with Gasteiger partial charge in [0.2, 0.25) is 5.91 Å². The van der Waals surface area contributed by atoms with Gasteiger partial charge in [0.15, 0.2) is 0 Å². The van der Waals surface area contributed by atoms with Gasteiger partial charge in [0.05, 0.1) is 0 Å². The highest BCUT2D eigenvalue weighted by Gasteiger charge is 2.32. The molecule has 7 heteroatoms. The predicted octanol–water partition coefficient (Wildman–Crippen LogP) is 2.77. The van der Waals surface area contributed by atoms with E-state index in [-0.39, 0.29) is 23.8 Å². The lowest BCUT2D eigenvalue weighted by Crippen LogP contribution is -2.38. The summed E-state index contributed by atoms with van der Waals surface area (Å²) in [7, 11) is 0. The molecule has 21 heavy (non-hydrogen) atoms. The van der Waals surface area contributed by atoms with Gasteiger partial charge in [-0.25, -0.2) is 0 Å². The van der Waals surface area contributed by atoms with Gasteiger partial charge in [0.25, 0.3) is 0 Å². The van der Waals surface area contributed by atoms with Crippen molar-refractivity contribution < 1.29 is 27.4 Å². The molecular weight excluding hydrogens is 287 g/mol. The zero-order valence-corrected chi connectivity index (χ0v) is 11.3. The molecule has 1 amide bonds. The van der Waals surface area contributed by atoms with Crippen LogP contribution in [0.2, 0.25) is 0 Å². The maximum absolute atomic E-state index is 12.3. The number of amides is 1. The number of halogens is 3.